The lowest BCUT2D eigenvalue weighted by molar-refractivity contribution is -0.141. The van der Waals surface area contributed by atoms with Gasteiger partial charge in [0.2, 0.25) is 5.89 Å². The van der Waals surface area contributed by atoms with E-state index < -0.39 is 11.9 Å². The predicted octanol–water partition coefficient (Wildman–Crippen LogP) is 1.55. The molecule has 15 heavy (non-hydrogen) atoms. The van der Waals surface area contributed by atoms with E-state index in [-0.39, 0.29) is 11.3 Å². The molecular weight excluding hydrogens is 209 g/mol. The van der Waals surface area contributed by atoms with Crippen molar-refractivity contribution >= 4 is 0 Å². The lowest BCUT2D eigenvalue weighted by Crippen LogP contribution is -2.19. The van der Waals surface area contributed by atoms with Crippen molar-refractivity contribution in [3.05, 3.63) is 17.8 Å². The Morgan fingerprint density at radius 3 is 2.80 bits per heavy atom. The van der Waals surface area contributed by atoms with Crippen LogP contribution in [0.3, 0.4) is 0 Å². The first kappa shape index (κ1) is 9.21. The van der Waals surface area contributed by atoms with Crippen LogP contribution in [0.4, 0.5) is 13.2 Å². The van der Waals surface area contributed by atoms with Gasteiger partial charge in [0.25, 0.3) is 0 Å². The molecule has 2 aliphatic rings. The van der Waals surface area contributed by atoms with E-state index in [1.807, 2.05) is 0 Å². The van der Waals surface area contributed by atoms with E-state index in [1.54, 1.807) is 0 Å². The molecule has 3 rings (SSSR count). The van der Waals surface area contributed by atoms with E-state index in [4.69, 9.17) is 4.42 Å². The van der Waals surface area contributed by atoms with Crippen molar-refractivity contribution in [1.29, 1.82) is 0 Å². The summed E-state index contributed by atoms with van der Waals surface area (Å²) in [5.74, 6) is 0.641. The zero-order valence-corrected chi connectivity index (χ0v) is 7.77. The van der Waals surface area contributed by atoms with Crippen molar-refractivity contribution in [3.63, 3.8) is 0 Å². The summed E-state index contributed by atoms with van der Waals surface area (Å²) in [6.45, 7) is 1.53. The fourth-order valence-electron chi connectivity index (χ4n) is 2.30. The van der Waals surface area contributed by atoms with Crippen LogP contribution in [0.2, 0.25) is 0 Å². The highest BCUT2D eigenvalue weighted by atomic mass is 19.4. The average molecular weight is 218 g/mol. The summed E-state index contributed by atoms with van der Waals surface area (Å²) in [7, 11) is 0. The van der Waals surface area contributed by atoms with E-state index in [9.17, 15) is 13.2 Å². The van der Waals surface area contributed by atoms with Crippen LogP contribution in [0, 0.1) is 5.92 Å². The first-order valence-electron chi connectivity index (χ1n) is 4.76. The van der Waals surface area contributed by atoms with Crippen LogP contribution in [0.15, 0.2) is 10.7 Å². The Kier molecular flexibility index (Phi) is 1.57. The van der Waals surface area contributed by atoms with Crippen LogP contribution in [0.1, 0.15) is 18.0 Å². The SMILES string of the molecule is FC(F)(F)c1coc(C23CNCC2C3)n1. The van der Waals surface area contributed by atoms with Crippen molar-refractivity contribution in [2.75, 3.05) is 13.1 Å². The molecule has 0 spiro atoms. The summed E-state index contributed by atoms with van der Waals surface area (Å²) in [4.78, 5) is 3.55. The maximum Gasteiger partial charge on any atom is 0.436 e. The number of rotatable bonds is 1. The van der Waals surface area contributed by atoms with Gasteiger partial charge in [0, 0.05) is 6.54 Å². The zero-order chi connectivity index (χ0) is 10.7. The van der Waals surface area contributed by atoms with Gasteiger partial charge in [-0.15, -0.1) is 0 Å². The molecule has 2 fully saturated rings. The van der Waals surface area contributed by atoms with Gasteiger partial charge in [0.15, 0.2) is 5.69 Å². The smallest absolute Gasteiger partial charge is 0.436 e. The van der Waals surface area contributed by atoms with Gasteiger partial charge in [-0.2, -0.15) is 13.2 Å². The number of hydrogen-bond donors (Lipinski definition) is 1. The second-order valence-electron chi connectivity index (χ2n) is 4.22. The van der Waals surface area contributed by atoms with E-state index in [1.165, 1.54) is 0 Å². The molecule has 6 heteroatoms. The molecule has 82 valence electrons. The molecule has 2 atom stereocenters. The fourth-order valence-corrected chi connectivity index (χ4v) is 2.30. The molecule has 1 aromatic rings. The first-order chi connectivity index (χ1) is 7.02. The molecule has 0 aromatic carbocycles. The van der Waals surface area contributed by atoms with Gasteiger partial charge in [0.1, 0.15) is 6.26 Å². The third-order valence-corrected chi connectivity index (χ3v) is 3.28. The third kappa shape index (κ3) is 1.20. The van der Waals surface area contributed by atoms with Gasteiger partial charge < -0.3 is 9.73 Å². The number of aromatic nitrogens is 1. The summed E-state index contributed by atoms with van der Waals surface area (Å²) in [5.41, 5.74) is -1.17. The Hall–Kier alpha value is -1.04. The fraction of sp³-hybridized carbons (Fsp3) is 0.667. The van der Waals surface area contributed by atoms with E-state index in [0.717, 1.165) is 13.0 Å². The highest BCUT2D eigenvalue weighted by molar-refractivity contribution is 5.26. The number of piperidine rings is 1. The number of fused-ring (bicyclic) bond motifs is 1. The molecule has 1 N–H and O–H groups in total. The number of nitrogens with zero attached hydrogens (tertiary/aromatic N) is 1. The zero-order valence-electron chi connectivity index (χ0n) is 7.77. The summed E-state index contributed by atoms with van der Waals surface area (Å²) < 4.78 is 41.8. The van der Waals surface area contributed by atoms with Gasteiger partial charge in [-0.3, -0.25) is 0 Å². The van der Waals surface area contributed by atoms with Crippen molar-refractivity contribution in [2.24, 2.45) is 5.92 Å². The highest BCUT2D eigenvalue weighted by Crippen LogP contribution is 2.56. The summed E-state index contributed by atoms with van der Waals surface area (Å²) in [6.07, 6.45) is -2.82. The third-order valence-electron chi connectivity index (χ3n) is 3.28. The van der Waals surface area contributed by atoms with Crippen LogP contribution in [-0.4, -0.2) is 18.1 Å². The van der Waals surface area contributed by atoms with E-state index in [0.29, 0.717) is 18.7 Å². The summed E-state index contributed by atoms with van der Waals surface area (Å²) >= 11 is 0. The number of hydrogen-bond acceptors (Lipinski definition) is 3. The Morgan fingerprint density at radius 2 is 2.33 bits per heavy atom. The molecule has 1 aliphatic heterocycles. The number of halogens is 3. The van der Waals surface area contributed by atoms with Crippen LogP contribution in [-0.2, 0) is 11.6 Å². The Labute approximate surface area is 83.7 Å². The van der Waals surface area contributed by atoms with Gasteiger partial charge in [-0.05, 0) is 18.9 Å². The van der Waals surface area contributed by atoms with Crippen LogP contribution >= 0.6 is 0 Å². The van der Waals surface area contributed by atoms with Crippen LogP contribution in [0.25, 0.3) is 0 Å². The minimum absolute atomic E-state index is 0.241. The Balaban J connectivity index is 1.92. The standard InChI is InChI=1S/C9H9F3N2O/c10-9(11,12)6-3-15-7(14-6)8-1-5(8)2-13-4-8/h3,5,13H,1-2,4H2. The van der Waals surface area contributed by atoms with Crippen molar-refractivity contribution in [3.8, 4) is 0 Å². The number of oxazole rings is 1. The van der Waals surface area contributed by atoms with Gasteiger partial charge in [-0.1, -0.05) is 0 Å². The summed E-state index contributed by atoms with van der Waals surface area (Å²) in [6, 6.07) is 0. The molecule has 0 amide bonds. The Bertz CT molecular complexity index is 400. The molecule has 1 aromatic heterocycles. The molecule has 1 aliphatic carbocycles. The highest BCUT2D eigenvalue weighted by Gasteiger charge is 2.62. The number of alkyl halides is 3. The van der Waals surface area contributed by atoms with E-state index in [2.05, 4.69) is 10.3 Å². The molecular formula is C9H9F3N2O. The van der Waals surface area contributed by atoms with Gasteiger partial charge >= 0.3 is 6.18 Å². The molecule has 1 saturated carbocycles. The summed E-state index contributed by atoms with van der Waals surface area (Å²) in [5, 5.41) is 3.13. The van der Waals surface area contributed by atoms with Crippen molar-refractivity contribution in [1.82, 2.24) is 10.3 Å². The topological polar surface area (TPSA) is 38.1 Å². The van der Waals surface area contributed by atoms with Crippen molar-refractivity contribution < 1.29 is 17.6 Å². The van der Waals surface area contributed by atoms with Gasteiger partial charge in [0.05, 0.1) is 5.41 Å². The average Bonchev–Trinajstić information content (AvgIpc) is 2.63. The minimum atomic E-state index is -4.41. The molecule has 3 nitrogen and oxygen atoms in total. The van der Waals surface area contributed by atoms with Crippen LogP contribution < -0.4 is 5.32 Å². The molecule has 0 bridgehead atoms. The maximum atomic E-state index is 12.3. The van der Waals surface area contributed by atoms with E-state index >= 15 is 0 Å². The first-order valence-corrected chi connectivity index (χ1v) is 4.76. The van der Waals surface area contributed by atoms with Crippen LogP contribution in [0.5, 0.6) is 0 Å². The maximum absolute atomic E-state index is 12.3. The Morgan fingerprint density at radius 1 is 1.53 bits per heavy atom. The second kappa shape index (κ2) is 2.55. The van der Waals surface area contributed by atoms with Gasteiger partial charge in [-0.25, -0.2) is 4.98 Å². The molecule has 2 unspecified atom stereocenters. The normalized spacial score (nSPS) is 34.2. The second-order valence-corrected chi connectivity index (χ2v) is 4.22. The lowest BCUT2D eigenvalue weighted by Gasteiger charge is -2.05. The number of nitrogens with one attached hydrogen (secondary N) is 1. The lowest BCUT2D eigenvalue weighted by atomic mass is 10.1. The molecule has 1 saturated heterocycles. The minimum Gasteiger partial charge on any atom is -0.448 e. The predicted molar refractivity (Wildman–Crippen MR) is 44.2 cm³/mol. The monoisotopic (exact) mass is 218 g/mol. The largest absolute Gasteiger partial charge is 0.448 e. The molecule has 0 radical (unpaired) electrons. The quantitative estimate of drug-likeness (QED) is 0.777. The van der Waals surface area contributed by atoms with Crippen molar-refractivity contribution in [2.45, 2.75) is 18.0 Å². The molecule has 2 heterocycles.